The Morgan fingerprint density at radius 2 is 1.96 bits per heavy atom. The van der Waals surface area contributed by atoms with E-state index in [1.165, 1.54) is 19.3 Å². The highest BCUT2D eigenvalue weighted by molar-refractivity contribution is 8.26. The zero-order chi connectivity index (χ0) is 18.8. The molecule has 138 valence electrons. The van der Waals surface area contributed by atoms with Gasteiger partial charge in [-0.1, -0.05) is 6.07 Å². The molecule has 0 atom stereocenters. The molecule has 27 heavy (non-hydrogen) atoms. The van der Waals surface area contributed by atoms with Gasteiger partial charge in [-0.15, -0.1) is 0 Å². The van der Waals surface area contributed by atoms with Crippen LogP contribution in [0.2, 0.25) is 0 Å². The van der Waals surface area contributed by atoms with Crippen molar-refractivity contribution in [1.82, 2.24) is 15.0 Å². The second kappa shape index (κ2) is 7.40. The van der Waals surface area contributed by atoms with E-state index in [0.717, 1.165) is 58.4 Å². The number of hydrogen-bond acceptors (Lipinski definition) is 6. The van der Waals surface area contributed by atoms with Gasteiger partial charge in [-0.25, -0.2) is 4.98 Å². The van der Waals surface area contributed by atoms with Gasteiger partial charge in [0.1, 0.15) is 10.9 Å². The number of aromatic amines is 1. The molecular formula is C19H21N7S. The highest BCUT2D eigenvalue weighted by Crippen LogP contribution is 2.30. The molecule has 7 nitrogen and oxygen atoms in total. The standard InChI is InChI=1S/C19H21N7S/c20-18(27-19(21)22)12-4-5-15-13(8-12)14(9-24-15)16-10-23-11-17(25-16)26-6-2-1-3-7-26/h4-5,8-11,20,24H,1-3,6-7H2,(H3,21,22). The quantitative estimate of drug-likeness (QED) is 0.410. The van der Waals surface area contributed by atoms with Gasteiger partial charge in [-0.3, -0.25) is 15.8 Å². The van der Waals surface area contributed by atoms with E-state index in [9.17, 15) is 0 Å². The summed E-state index contributed by atoms with van der Waals surface area (Å²) in [7, 11) is 0. The topological polar surface area (TPSA) is 119 Å². The van der Waals surface area contributed by atoms with Crippen molar-refractivity contribution in [3.05, 3.63) is 42.4 Å². The first kappa shape index (κ1) is 17.5. The number of amidine groups is 1. The average molecular weight is 379 g/mol. The van der Waals surface area contributed by atoms with E-state index in [4.69, 9.17) is 21.5 Å². The largest absolute Gasteiger partial charge is 0.378 e. The van der Waals surface area contributed by atoms with Gasteiger partial charge in [0.2, 0.25) is 0 Å². The molecule has 0 radical (unpaired) electrons. The first-order chi connectivity index (χ1) is 13.1. The van der Waals surface area contributed by atoms with Crippen LogP contribution in [0.3, 0.4) is 0 Å². The fourth-order valence-corrected chi connectivity index (χ4v) is 3.87. The van der Waals surface area contributed by atoms with Crippen LogP contribution in [0.1, 0.15) is 24.8 Å². The Hall–Kier alpha value is -2.87. The summed E-state index contributed by atoms with van der Waals surface area (Å²) in [4.78, 5) is 14.8. The molecule has 3 aromatic rings. The van der Waals surface area contributed by atoms with E-state index in [-0.39, 0.29) is 10.2 Å². The Morgan fingerprint density at radius 3 is 2.74 bits per heavy atom. The summed E-state index contributed by atoms with van der Waals surface area (Å²) in [5.41, 5.74) is 8.88. The number of nitrogens with zero attached hydrogens (tertiary/aromatic N) is 3. The molecule has 1 aromatic carbocycles. The number of anilines is 1. The van der Waals surface area contributed by atoms with Gasteiger partial charge < -0.3 is 15.6 Å². The number of nitrogens with two attached hydrogens (primary N) is 1. The number of hydrogen-bond donors (Lipinski definition) is 4. The van der Waals surface area contributed by atoms with Crippen molar-refractivity contribution in [2.24, 2.45) is 5.73 Å². The van der Waals surface area contributed by atoms with E-state index in [0.29, 0.717) is 0 Å². The number of nitrogens with one attached hydrogen (secondary N) is 3. The van der Waals surface area contributed by atoms with Gasteiger partial charge in [0.15, 0.2) is 5.17 Å². The van der Waals surface area contributed by atoms with Crippen LogP contribution in [0.5, 0.6) is 0 Å². The zero-order valence-corrected chi connectivity index (χ0v) is 15.6. The van der Waals surface area contributed by atoms with Crippen LogP contribution >= 0.6 is 11.8 Å². The van der Waals surface area contributed by atoms with Crippen LogP contribution < -0.4 is 10.6 Å². The molecule has 0 spiro atoms. The molecule has 1 aliphatic heterocycles. The van der Waals surface area contributed by atoms with Crippen LogP contribution in [0.4, 0.5) is 5.82 Å². The minimum absolute atomic E-state index is 0.0884. The summed E-state index contributed by atoms with van der Waals surface area (Å²) in [6.45, 7) is 2.05. The fraction of sp³-hybridized carbons (Fsp3) is 0.263. The Bertz CT molecular complexity index is 1000. The Kier molecular flexibility index (Phi) is 4.81. The third-order valence-corrected chi connectivity index (χ3v) is 5.39. The highest BCUT2D eigenvalue weighted by Gasteiger charge is 2.15. The van der Waals surface area contributed by atoms with Crippen molar-refractivity contribution in [3.63, 3.8) is 0 Å². The monoisotopic (exact) mass is 379 g/mol. The first-order valence-corrected chi connectivity index (χ1v) is 9.73. The van der Waals surface area contributed by atoms with Crippen LogP contribution in [-0.4, -0.2) is 38.3 Å². The van der Waals surface area contributed by atoms with E-state index in [1.54, 1.807) is 6.20 Å². The minimum atomic E-state index is -0.0884. The maximum atomic E-state index is 8.13. The molecule has 1 saturated heterocycles. The molecule has 0 aliphatic carbocycles. The SMILES string of the molecule is N=C(N)SC(=N)c1ccc2[nH]cc(-c3cncc(N4CCCCC4)n3)c2c1. The fourth-order valence-electron chi connectivity index (χ4n) is 3.40. The molecule has 0 unspecified atom stereocenters. The van der Waals surface area contributed by atoms with Crippen LogP contribution in [0, 0.1) is 10.8 Å². The van der Waals surface area contributed by atoms with Gasteiger partial charge in [-0.2, -0.15) is 0 Å². The third kappa shape index (κ3) is 3.66. The van der Waals surface area contributed by atoms with Crippen molar-refractivity contribution in [3.8, 4) is 11.3 Å². The van der Waals surface area contributed by atoms with Crippen molar-refractivity contribution < 1.29 is 0 Å². The van der Waals surface area contributed by atoms with E-state index in [2.05, 4.69) is 14.9 Å². The number of rotatable bonds is 3. The molecule has 1 aliphatic rings. The van der Waals surface area contributed by atoms with Gasteiger partial charge in [-0.05, 0) is 43.2 Å². The van der Waals surface area contributed by atoms with Crippen LogP contribution in [0.25, 0.3) is 22.2 Å². The molecule has 0 amide bonds. The van der Waals surface area contributed by atoms with E-state index in [1.807, 2.05) is 30.6 Å². The van der Waals surface area contributed by atoms with Crippen molar-refractivity contribution in [2.75, 3.05) is 18.0 Å². The summed E-state index contributed by atoms with van der Waals surface area (Å²) in [6, 6.07) is 5.73. The molecule has 0 saturated carbocycles. The third-order valence-electron chi connectivity index (χ3n) is 4.73. The average Bonchev–Trinajstić information content (AvgIpc) is 3.11. The Labute approximate surface area is 161 Å². The number of H-pyrrole nitrogens is 1. The molecule has 3 heterocycles. The Balaban J connectivity index is 1.71. The number of thioether (sulfide) groups is 1. The number of piperidine rings is 1. The molecular weight excluding hydrogens is 358 g/mol. The van der Waals surface area contributed by atoms with Crippen molar-refractivity contribution >= 4 is 38.7 Å². The Morgan fingerprint density at radius 1 is 1.15 bits per heavy atom. The van der Waals surface area contributed by atoms with Gasteiger partial charge in [0.25, 0.3) is 0 Å². The van der Waals surface area contributed by atoms with Crippen molar-refractivity contribution in [2.45, 2.75) is 19.3 Å². The second-order valence-corrected chi connectivity index (χ2v) is 7.62. The molecule has 2 aromatic heterocycles. The summed E-state index contributed by atoms with van der Waals surface area (Å²) >= 11 is 0.941. The summed E-state index contributed by atoms with van der Waals surface area (Å²) in [5, 5.41) is 16.6. The maximum Gasteiger partial charge on any atom is 0.157 e. The lowest BCUT2D eigenvalue weighted by Crippen LogP contribution is -2.30. The number of benzene rings is 1. The molecule has 0 bridgehead atoms. The first-order valence-electron chi connectivity index (χ1n) is 8.91. The minimum Gasteiger partial charge on any atom is -0.378 e. The van der Waals surface area contributed by atoms with E-state index < -0.39 is 0 Å². The summed E-state index contributed by atoms with van der Waals surface area (Å²) in [5.74, 6) is 0.914. The highest BCUT2D eigenvalue weighted by atomic mass is 32.2. The van der Waals surface area contributed by atoms with Gasteiger partial charge in [0, 0.05) is 41.3 Å². The molecule has 4 rings (SSSR count). The van der Waals surface area contributed by atoms with Crippen molar-refractivity contribution in [1.29, 1.82) is 10.8 Å². The lowest BCUT2D eigenvalue weighted by molar-refractivity contribution is 0.573. The predicted octanol–water partition coefficient (Wildman–Crippen LogP) is 3.57. The second-order valence-electron chi connectivity index (χ2n) is 6.57. The predicted molar refractivity (Wildman–Crippen MR) is 112 cm³/mol. The number of fused-ring (bicyclic) bond motifs is 1. The molecule has 1 fully saturated rings. The lowest BCUT2D eigenvalue weighted by atomic mass is 10.1. The smallest absolute Gasteiger partial charge is 0.157 e. The lowest BCUT2D eigenvalue weighted by Gasteiger charge is -2.27. The number of aromatic nitrogens is 3. The summed E-state index contributed by atoms with van der Waals surface area (Å²) in [6.07, 6.45) is 9.20. The normalized spacial score (nSPS) is 14.4. The van der Waals surface area contributed by atoms with E-state index >= 15 is 0 Å². The van der Waals surface area contributed by atoms with Crippen LogP contribution in [0.15, 0.2) is 36.8 Å². The van der Waals surface area contributed by atoms with Crippen LogP contribution in [-0.2, 0) is 0 Å². The molecule has 5 N–H and O–H groups in total. The summed E-state index contributed by atoms with van der Waals surface area (Å²) < 4.78 is 0. The molecule has 8 heteroatoms. The van der Waals surface area contributed by atoms with Gasteiger partial charge in [0.05, 0.1) is 18.1 Å². The van der Waals surface area contributed by atoms with Gasteiger partial charge >= 0.3 is 0 Å². The zero-order valence-electron chi connectivity index (χ0n) is 14.8. The maximum absolute atomic E-state index is 8.13.